The minimum atomic E-state index is -3.99. The second-order valence-electron chi connectivity index (χ2n) is 9.48. The zero-order valence-electron chi connectivity index (χ0n) is 22.1. The van der Waals surface area contributed by atoms with E-state index in [1.165, 1.54) is 23.1 Å². The molecule has 0 saturated carbocycles. The van der Waals surface area contributed by atoms with Gasteiger partial charge in [0.15, 0.2) is 0 Å². The summed E-state index contributed by atoms with van der Waals surface area (Å²) in [4.78, 5) is 28.9. The van der Waals surface area contributed by atoms with Crippen molar-refractivity contribution >= 4 is 73.9 Å². The Balaban J connectivity index is 2.10. The lowest BCUT2D eigenvalue weighted by Crippen LogP contribution is -2.54. The third-order valence-corrected chi connectivity index (χ3v) is 8.59. The van der Waals surface area contributed by atoms with E-state index in [-0.39, 0.29) is 45.7 Å². The molecule has 12 heteroatoms. The molecule has 214 valence electrons. The van der Waals surface area contributed by atoms with Gasteiger partial charge in [-0.1, -0.05) is 88.9 Å². The van der Waals surface area contributed by atoms with E-state index in [4.69, 9.17) is 46.4 Å². The third kappa shape index (κ3) is 8.51. The third-order valence-electron chi connectivity index (χ3n) is 5.92. The summed E-state index contributed by atoms with van der Waals surface area (Å²) >= 11 is 24.8. The average molecular weight is 645 g/mol. The molecule has 0 heterocycles. The largest absolute Gasteiger partial charge is 0.352 e. The molecule has 2 amide bonds. The average Bonchev–Trinajstić information content (AvgIpc) is 2.88. The predicted octanol–water partition coefficient (Wildman–Crippen LogP) is 6.23. The van der Waals surface area contributed by atoms with E-state index in [1.807, 2.05) is 44.2 Å². The lowest BCUT2D eigenvalue weighted by atomic mass is 10.0. The molecule has 0 radical (unpaired) electrons. The highest BCUT2D eigenvalue weighted by Crippen LogP contribution is 2.34. The molecule has 1 N–H and O–H groups in total. The maximum atomic E-state index is 14.1. The first-order valence-electron chi connectivity index (χ1n) is 12.3. The molecule has 0 aliphatic carbocycles. The number of halogens is 4. The molecular weight excluding hydrogens is 616 g/mol. The van der Waals surface area contributed by atoms with Crippen molar-refractivity contribution in [2.24, 2.45) is 0 Å². The smallest absolute Gasteiger partial charge is 0.244 e. The molecule has 3 aromatic carbocycles. The van der Waals surface area contributed by atoms with Crippen molar-refractivity contribution in [2.45, 2.75) is 38.9 Å². The van der Waals surface area contributed by atoms with Crippen LogP contribution < -0.4 is 9.62 Å². The van der Waals surface area contributed by atoms with Gasteiger partial charge in [-0.15, -0.1) is 0 Å². The van der Waals surface area contributed by atoms with Crippen molar-refractivity contribution in [3.05, 3.63) is 97.9 Å². The van der Waals surface area contributed by atoms with Gasteiger partial charge in [-0.25, -0.2) is 8.42 Å². The van der Waals surface area contributed by atoms with Gasteiger partial charge in [-0.2, -0.15) is 0 Å². The maximum Gasteiger partial charge on any atom is 0.244 e. The molecule has 0 aromatic heterocycles. The van der Waals surface area contributed by atoms with Crippen LogP contribution in [0.3, 0.4) is 0 Å². The topological polar surface area (TPSA) is 86.8 Å². The molecule has 0 bridgehead atoms. The van der Waals surface area contributed by atoms with Crippen molar-refractivity contribution in [1.29, 1.82) is 0 Å². The fourth-order valence-corrected chi connectivity index (χ4v) is 5.67. The highest BCUT2D eigenvalue weighted by Gasteiger charge is 2.34. The van der Waals surface area contributed by atoms with Gasteiger partial charge >= 0.3 is 0 Å². The molecule has 0 fully saturated rings. The van der Waals surface area contributed by atoms with Gasteiger partial charge in [0.25, 0.3) is 0 Å². The van der Waals surface area contributed by atoms with Crippen molar-refractivity contribution in [1.82, 2.24) is 10.2 Å². The van der Waals surface area contributed by atoms with Gasteiger partial charge in [0.1, 0.15) is 12.6 Å². The fourth-order valence-electron chi connectivity index (χ4n) is 4.05. The monoisotopic (exact) mass is 643 g/mol. The van der Waals surface area contributed by atoms with Crippen LogP contribution in [-0.2, 0) is 32.6 Å². The number of hydrogen-bond acceptors (Lipinski definition) is 4. The Morgan fingerprint density at radius 1 is 0.850 bits per heavy atom. The van der Waals surface area contributed by atoms with Gasteiger partial charge in [-0.3, -0.25) is 13.9 Å². The van der Waals surface area contributed by atoms with Crippen LogP contribution in [0.15, 0.2) is 66.7 Å². The number of anilines is 1. The molecule has 1 atom stereocenters. The molecule has 3 rings (SSSR count). The summed E-state index contributed by atoms with van der Waals surface area (Å²) in [5.41, 5.74) is 1.46. The second kappa shape index (κ2) is 13.9. The van der Waals surface area contributed by atoms with E-state index < -0.39 is 28.5 Å². The van der Waals surface area contributed by atoms with E-state index in [2.05, 4.69) is 5.32 Å². The van der Waals surface area contributed by atoms with E-state index in [1.54, 1.807) is 18.2 Å². The number of rotatable bonds is 11. The Labute approximate surface area is 255 Å². The quantitative estimate of drug-likeness (QED) is 0.268. The molecule has 3 aromatic rings. The fraction of sp³-hybridized carbons (Fsp3) is 0.286. The van der Waals surface area contributed by atoms with Crippen molar-refractivity contribution < 1.29 is 18.0 Å². The number of benzene rings is 3. The van der Waals surface area contributed by atoms with E-state index in [0.29, 0.717) is 10.6 Å². The number of amides is 2. The Bertz CT molecular complexity index is 1470. The van der Waals surface area contributed by atoms with Crippen LogP contribution in [-0.4, -0.2) is 50.0 Å². The Morgan fingerprint density at radius 3 is 2.12 bits per heavy atom. The minimum absolute atomic E-state index is 0.0168. The van der Waals surface area contributed by atoms with Gasteiger partial charge in [-0.05, 0) is 49.2 Å². The minimum Gasteiger partial charge on any atom is -0.352 e. The van der Waals surface area contributed by atoms with E-state index >= 15 is 0 Å². The first-order valence-corrected chi connectivity index (χ1v) is 15.6. The van der Waals surface area contributed by atoms with Gasteiger partial charge in [0.05, 0.1) is 32.0 Å². The molecule has 0 saturated heterocycles. The Hall–Kier alpha value is -2.49. The van der Waals surface area contributed by atoms with Gasteiger partial charge in [0.2, 0.25) is 21.8 Å². The summed E-state index contributed by atoms with van der Waals surface area (Å²) in [5.74, 6) is -1.02. The van der Waals surface area contributed by atoms with Crippen LogP contribution in [0.1, 0.15) is 25.0 Å². The molecule has 0 aliphatic rings. The van der Waals surface area contributed by atoms with Crippen LogP contribution >= 0.6 is 46.4 Å². The van der Waals surface area contributed by atoms with Crippen LogP contribution in [0.4, 0.5) is 5.69 Å². The Morgan fingerprint density at radius 2 is 1.52 bits per heavy atom. The standard InChI is InChI=1S/C28H29Cl4N3O4S/c1-18(2)33-28(37)25(15-19-8-5-4-6-9-19)34(16-20-12-13-21(29)23(31)14-20)26(36)17-35(40(3,38)39)24-11-7-10-22(30)27(24)32/h4-14,18,25H,15-17H2,1-3H3,(H,33,37)/t25-/m1/s1. The zero-order valence-corrected chi connectivity index (χ0v) is 25.9. The molecule has 0 spiro atoms. The molecular formula is C28H29Cl4N3O4S. The number of hydrogen-bond donors (Lipinski definition) is 1. The lowest BCUT2D eigenvalue weighted by molar-refractivity contribution is -0.140. The van der Waals surface area contributed by atoms with Crippen molar-refractivity contribution in [3.63, 3.8) is 0 Å². The van der Waals surface area contributed by atoms with Crippen LogP contribution in [0.25, 0.3) is 0 Å². The summed E-state index contributed by atoms with van der Waals surface area (Å²) in [5, 5.41) is 3.61. The normalized spacial score (nSPS) is 12.2. The summed E-state index contributed by atoms with van der Waals surface area (Å²) in [6.07, 6.45) is 1.15. The zero-order chi connectivity index (χ0) is 29.6. The summed E-state index contributed by atoms with van der Waals surface area (Å²) in [6.45, 7) is 2.96. The second-order valence-corrected chi connectivity index (χ2v) is 13.0. The molecule has 7 nitrogen and oxygen atoms in total. The number of nitrogens with one attached hydrogen (secondary N) is 1. The number of sulfonamides is 1. The number of nitrogens with zero attached hydrogens (tertiary/aromatic N) is 2. The molecule has 0 unspecified atom stereocenters. The van der Waals surface area contributed by atoms with E-state index in [9.17, 15) is 18.0 Å². The Kier molecular flexibility index (Phi) is 11.1. The predicted molar refractivity (Wildman–Crippen MR) is 163 cm³/mol. The highest BCUT2D eigenvalue weighted by molar-refractivity contribution is 7.92. The molecule has 0 aliphatic heterocycles. The maximum absolute atomic E-state index is 14.1. The summed E-state index contributed by atoms with van der Waals surface area (Å²) in [6, 6.07) is 17.4. The van der Waals surface area contributed by atoms with Crippen molar-refractivity contribution in [2.75, 3.05) is 17.1 Å². The first kappa shape index (κ1) is 32.0. The van der Waals surface area contributed by atoms with Crippen LogP contribution in [0.5, 0.6) is 0 Å². The van der Waals surface area contributed by atoms with Crippen molar-refractivity contribution in [3.8, 4) is 0 Å². The summed E-state index contributed by atoms with van der Waals surface area (Å²) < 4.78 is 26.6. The number of carbonyl (C=O) groups is 2. The SMILES string of the molecule is CC(C)NC(=O)[C@@H](Cc1ccccc1)N(Cc1ccc(Cl)c(Cl)c1)C(=O)CN(c1cccc(Cl)c1Cl)S(C)(=O)=O. The molecule has 40 heavy (non-hydrogen) atoms. The number of carbonyl (C=O) groups excluding carboxylic acids is 2. The van der Waals surface area contributed by atoms with Gasteiger partial charge in [0, 0.05) is 19.0 Å². The van der Waals surface area contributed by atoms with Crippen LogP contribution in [0.2, 0.25) is 20.1 Å². The van der Waals surface area contributed by atoms with Gasteiger partial charge < -0.3 is 10.2 Å². The highest BCUT2D eigenvalue weighted by atomic mass is 35.5. The summed E-state index contributed by atoms with van der Waals surface area (Å²) in [7, 11) is -3.99. The van der Waals surface area contributed by atoms with Crippen LogP contribution in [0, 0.1) is 0 Å². The van der Waals surface area contributed by atoms with E-state index in [0.717, 1.165) is 16.1 Å². The lowest BCUT2D eigenvalue weighted by Gasteiger charge is -2.34. The first-order chi connectivity index (χ1) is 18.8.